The smallest absolute Gasteiger partial charge is 0.264 e. The minimum absolute atomic E-state index is 0.227. The fourth-order valence-electron chi connectivity index (χ4n) is 1.05. The highest BCUT2D eigenvalue weighted by Crippen LogP contribution is 2.02. The number of H-pyrrole nitrogens is 1. The van der Waals surface area contributed by atoms with E-state index in [1.54, 1.807) is 12.3 Å². The highest BCUT2D eigenvalue weighted by atomic mass is 32.2. The average molecular weight is 216 g/mol. The van der Waals surface area contributed by atoms with E-state index in [4.69, 9.17) is 4.55 Å². The molecule has 1 rings (SSSR count). The van der Waals surface area contributed by atoms with Crippen LogP contribution in [-0.2, 0) is 16.5 Å². The van der Waals surface area contributed by atoms with Crippen molar-refractivity contribution >= 4 is 16.2 Å². The van der Waals surface area contributed by atoms with E-state index in [0.29, 0.717) is 18.7 Å². The number of imidazole rings is 1. The fraction of sp³-hybridized carbons (Fsp3) is 0.375. The van der Waals surface area contributed by atoms with Gasteiger partial charge in [0, 0.05) is 11.9 Å². The van der Waals surface area contributed by atoms with Crippen LogP contribution in [0.4, 0.5) is 0 Å². The lowest BCUT2D eigenvalue weighted by Gasteiger charge is -1.95. The van der Waals surface area contributed by atoms with Gasteiger partial charge < -0.3 is 4.98 Å². The van der Waals surface area contributed by atoms with Gasteiger partial charge in [0.15, 0.2) is 0 Å². The molecule has 0 radical (unpaired) electrons. The third-order valence-corrected chi connectivity index (χ3v) is 2.49. The summed E-state index contributed by atoms with van der Waals surface area (Å²) in [7, 11) is -3.85. The Morgan fingerprint density at radius 3 is 2.86 bits per heavy atom. The molecule has 0 atom stereocenters. The van der Waals surface area contributed by atoms with Crippen LogP contribution in [0.2, 0.25) is 0 Å². The maximum Gasteiger partial charge on any atom is 0.264 e. The Morgan fingerprint density at radius 1 is 1.64 bits per heavy atom. The van der Waals surface area contributed by atoms with Gasteiger partial charge in [-0.15, -0.1) is 0 Å². The predicted octanol–water partition coefficient (Wildman–Crippen LogP) is 0.873. The number of hydrogen-bond donors (Lipinski definition) is 2. The van der Waals surface area contributed by atoms with Crippen LogP contribution < -0.4 is 0 Å². The molecule has 0 spiro atoms. The molecular weight excluding hydrogens is 204 g/mol. The Labute approximate surface area is 82.6 Å². The van der Waals surface area contributed by atoms with Crippen LogP contribution in [0, 0.1) is 0 Å². The second-order valence-electron chi connectivity index (χ2n) is 2.89. The lowest BCUT2D eigenvalue weighted by molar-refractivity contribution is 0.481. The second-order valence-corrected chi connectivity index (χ2v) is 4.46. The third-order valence-electron chi connectivity index (χ3n) is 1.69. The van der Waals surface area contributed by atoms with Crippen LogP contribution in [0.25, 0.3) is 6.08 Å². The Bertz CT molecular complexity index is 408. The van der Waals surface area contributed by atoms with Crippen molar-refractivity contribution in [3.05, 3.63) is 24.3 Å². The van der Waals surface area contributed by atoms with Crippen molar-refractivity contribution in [2.45, 2.75) is 12.8 Å². The highest BCUT2D eigenvalue weighted by Gasteiger charge is 2.04. The van der Waals surface area contributed by atoms with Gasteiger partial charge in [-0.3, -0.25) is 4.55 Å². The average Bonchev–Trinajstić information content (AvgIpc) is 2.50. The van der Waals surface area contributed by atoms with Gasteiger partial charge in [-0.1, -0.05) is 6.58 Å². The molecule has 0 saturated heterocycles. The second kappa shape index (κ2) is 4.39. The van der Waals surface area contributed by atoms with Gasteiger partial charge >= 0.3 is 0 Å². The summed E-state index contributed by atoms with van der Waals surface area (Å²) in [5.41, 5.74) is 0.837. The normalized spacial score (nSPS) is 11.5. The largest absolute Gasteiger partial charge is 0.342 e. The molecule has 0 aliphatic heterocycles. The molecule has 0 aliphatic rings. The molecule has 2 N–H and O–H groups in total. The number of nitrogens with zero attached hydrogens (tertiary/aromatic N) is 1. The number of hydrogen-bond acceptors (Lipinski definition) is 3. The Morgan fingerprint density at radius 2 is 2.36 bits per heavy atom. The lowest BCUT2D eigenvalue weighted by Crippen LogP contribution is -2.04. The van der Waals surface area contributed by atoms with Gasteiger partial charge in [0.2, 0.25) is 0 Å². The van der Waals surface area contributed by atoms with Gasteiger partial charge in [0.05, 0.1) is 5.75 Å². The summed E-state index contributed by atoms with van der Waals surface area (Å²) < 4.78 is 29.3. The summed E-state index contributed by atoms with van der Waals surface area (Å²) in [5, 5.41) is 0. The van der Waals surface area contributed by atoms with E-state index in [-0.39, 0.29) is 5.75 Å². The molecule has 0 aromatic carbocycles. The molecule has 1 heterocycles. The van der Waals surface area contributed by atoms with Crippen molar-refractivity contribution in [2.75, 3.05) is 5.75 Å². The third kappa shape index (κ3) is 3.71. The fourth-order valence-corrected chi connectivity index (χ4v) is 1.56. The molecule has 0 bridgehead atoms. The van der Waals surface area contributed by atoms with E-state index >= 15 is 0 Å². The minimum Gasteiger partial charge on any atom is -0.342 e. The number of aryl methyl sites for hydroxylation is 1. The maximum atomic E-state index is 10.4. The lowest BCUT2D eigenvalue weighted by atomic mass is 10.3. The molecule has 0 amide bonds. The predicted molar refractivity (Wildman–Crippen MR) is 53.4 cm³/mol. The molecule has 5 nitrogen and oxygen atoms in total. The highest BCUT2D eigenvalue weighted by molar-refractivity contribution is 7.85. The zero-order valence-electron chi connectivity index (χ0n) is 7.60. The van der Waals surface area contributed by atoms with Gasteiger partial charge in [-0.05, 0) is 18.9 Å². The van der Waals surface area contributed by atoms with E-state index in [2.05, 4.69) is 16.5 Å². The van der Waals surface area contributed by atoms with E-state index in [9.17, 15) is 8.42 Å². The van der Waals surface area contributed by atoms with Crippen LogP contribution in [0.1, 0.15) is 17.9 Å². The molecule has 0 saturated carbocycles. The van der Waals surface area contributed by atoms with Crippen molar-refractivity contribution in [3.63, 3.8) is 0 Å². The standard InChI is InChI=1S/C8H12N2O3S/c1-2-8-9-6-7(10-8)4-3-5-14(11,12)13/h2,6H,1,3-5H2,(H,9,10)(H,11,12,13). The number of aromatic nitrogens is 2. The summed E-state index contributed by atoms with van der Waals surface area (Å²) in [6.45, 7) is 3.53. The summed E-state index contributed by atoms with van der Waals surface area (Å²) >= 11 is 0. The van der Waals surface area contributed by atoms with Gasteiger partial charge in [-0.2, -0.15) is 8.42 Å². The monoisotopic (exact) mass is 216 g/mol. The molecule has 14 heavy (non-hydrogen) atoms. The topological polar surface area (TPSA) is 83.1 Å². The Kier molecular flexibility index (Phi) is 3.43. The molecule has 1 aromatic rings. The van der Waals surface area contributed by atoms with Gasteiger partial charge in [-0.25, -0.2) is 4.98 Å². The van der Waals surface area contributed by atoms with Crippen molar-refractivity contribution in [1.29, 1.82) is 0 Å². The molecule has 1 aromatic heterocycles. The van der Waals surface area contributed by atoms with E-state index < -0.39 is 10.1 Å². The van der Waals surface area contributed by atoms with Crippen molar-refractivity contribution in [1.82, 2.24) is 9.97 Å². The molecular formula is C8H12N2O3S. The van der Waals surface area contributed by atoms with E-state index in [1.165, 1.54) is 0 Å². The quantitative estimate of drug-likeness (QED) is 0.715. The Balaban J connectivity index is 2.42. The summed E-state index contributed by atoms with van der Waals surface area (Å²) in [4.78, 5) is 6.91. The van der Waals surface area contributed by atoms with Gasteiger partial charge in [0.25, 0.3) is 10.1 Å². The molecule has 0 aliphatic carbocycles. The summed E-state index contributed by atoms with van der Waals surface area (Å²) in [6, 6.07) is 0. The molecule has 78 valence electrons. The van der Waals surface area contributed by atoms with Gasteiger partial charge in [0.1, 0.15) is 5.82 Å². The summed E-state index contributed by atoms with van der Waals surface area (Å²) in [6.07, 6.45) is 4.12. The summed E-state index contributed by atoms with van der Waals surface area (Å²) in [5.74, 6) is 0.432. The molecule has 6 heteroatoms. The van der Waals surface area contributed by atoms with E-state index in [1.807, 2.05) is 0 Å². The number of rotatable bonds is 5. The molecule has 0 fully saturated rings. The Hall–Kier alpha value is -1.14. The maximum absolute atomic E-state index is 10.4. The number of nitrogens with one attached hydrogen (secondary N) is 1. The zero-order valence-corrected chi connectivity index (χ0v) is 8.42. The van der Waals surface area contributed by atoms with Crippen molar-refractivity contribution < 1.29 is 13.0 Å². The van der Waals surface area contributed by atoms with Crippen molar-refractivity contribution in [2.24, 2.45) is 0 Å². The van der Waals surface area contributed by atoms with Crippen LogP contribution in [0.15, 0.2) is 12.8 Å². The first kappa shape index (κ1) is 10.9. The first-order chi connectivity index (χ1) is 6.51. The van der Waals surface area contributed by atoms with Crippen LogP contribution >= 0.6 is 0 Å². The van der Waals surface area contributed by atoms with Crippen LogP contribution in [0.3, 0.4) is 0 Å². The SMILES string of the molecule is C=Cc1ncc(CCCS(=O)(=O)O)[nH]1. The van der Waals surface area contributed by atoms with Crippen LogP contribution in [0.5, 0.6) is 0 Å². The number of aromatic amines is 1. The van der Waals surface area contributed by atoms with Crippen LogP contribution in [-0.4, -0.2) is 28.7 Å². The molecule has 0 unspecified atom stereocenters. The van der Waals surface area contributed by atoms with Crippen molar-refractivity contribution in [3.8, 4) is 0 Å². The first-order valence-corrected chi connectivity index (χ1v) is 5.73. The first-order valence-electron chi connectivity index (χ1n) is 4.13. The van der Waals surface area contributed by atoms with E-state index in [0.717, 1.165) is 5.69 Å². The zero-order chi connectivity index (χ0) is 10.6. The minimum atomic E-state index is -3.85.